The minimum atomic E-state index is -1.82. The fourth-order valence-electron chi connectivity index (χ4n) is 2.11. The highest BCUT2D eigenvalue weighted by Crippen LogP contribution is 2.34. The smallest absolute Gasteiger partial charge is 0.414 e. The zero-order chi connectivity index (χ0) is 17.4. The van der Waals surface area contributed by atoms with Crippen molar-refractivity contribution in [1.82, 2.24) is 4.90 Å². The van der Waals surface area contributed by atoms with Gasteiger partial charge in [-0.1, -0.05) is 11.6 Å². The number of likely N-dealkylation sites (tertiary alicyclic amines) is 1. The second kappa shape index (κ2) is 9.75. The van der Waals surface area contributed by atoms with Crippen LogP contribution in [0.2, 0.25) is 5.02 Å². The molecule has 1 fully saturated rings. The lowest BCUT2D eigenvalue weighted by molar-refractivity contribution is -0.159. The highest BCUT2D eigenvalue weighted by molar-refractivity contribution is 9.10. The molecule has 0 bridgehead atoms. The maximum atomic E-state index is 9.10. The molecule has 0 unspecified atom stereocenters. The quantitative estimate of drug-likeness (QED) is 0.745. The maximum Gasteiger partial charge on any atom is 0.414 e. The van der Waals surface area contributed by atoms with Crippen LogP contribution in [0, 0.1) is 6.92 Å². The lowest BCUT2D eigenvalue weighted by Crippen LogP contribution is -2.25. The number of benzene rings is 1. The standard InChI is InChI=1S/C13H17BrClNO.C2H2O4/c1-10-8-11(14)13(12(15)9-10)17-7-6-16-4-2-3-5-16;3-1(4)2(5)6/h8-9H,2-7H2,1H3;(H,3,4)(H,5,6). The van der Waals surface area contributed by atoms with Crippen molar-refractivity contribution in [3.8, 4) is 5.75 Å². The van der Waals surface area contributed by atoms with E-state index in [1.54, 1.807) is 0 Å². The summed E-state index contributed by atoms with van der Waals surface area (Å²) in [5, 5.41) is 15.5. The first-order chi connectivity index (χ1) is 10.8. The molecule has 0 saturated carbocycles. The molecule has 1 aromatic carbocycles. The first-order valence-electron chi connectivity index (χ1n) is 7.08. The third kappa shape index (κ3) is 7.20. The minimum Gasteiger partial charge on any atom is -0.490 e. The predicted molar refractivity (Wildman–Crippen MR) is 90.3 cm³/mol. The van der Waals surface area contributed by atoms with Gasteiger partial charge in [-0.2, -0.15) is 0 Å². The SMILES string of the molecule is Cc1cc(Cl)c(OCCN2CCCC2)c(Br)c1.O=C(O)C(=O)O. The molecule has 1 aliphatic rings. The Bertz CT molecular complexity index is 526. The Morgan fingerprint density at radius 3 is 2.30 bits per heavy atom. The van der Waals surface area contributed by atoms with Gasteiger partial charge in [0, 0.05) is 6.54 Å². The number of carboxylic acid groups (broad SMARTS) is 2. The molecule has 0 spiro atoms. The molecule has 1 saturated heterocycles. The summed E-state index contributed by atoms with van der Waals surface area (Å²) in [4.78, 5) is 20.6. The van der Waals surface area contributed by atoms with Crippen molar-refractivity contribution in [2.45, 2.75) is 19.8 Å². The van der Waals surface area contributed by atoms with Gasteiger partial charge >= 0.3 is 11.9 Å². The number of hydrogen-bond donors (Lipinski definition) is 2. The minimum absolute atomic E-state index is 0.679. The van der Waals surface area contributed by atoms with Gasteiger partial charge in [-0.25, -0.2) is 9.59 Å². The van der Waals surface area contributed by atoms with Gasteiger partial charge < -0.3 is 14.9 Å². The topological polar surface area (TPSA) is 87.1 Å². The zero-order valence-corrected chi connectivity index (χ0v) is 15.1. The molecule has 2 N–H and O–H groups in total. The molecule has 1 heterocycles. The molecule has 0 aromatic heterocycles. The molecule has 1 aromatic rings. The van der Waals surface area contributed by atoms with E-state index < -0.39 is 11.9 Å². The molecule has 2 rings (SSSR count). The van der Waals surface area contributed by atoms with E-state index in [9.17, 15) is 0 Å². The summed E-state index contributed by atoms with van der Waals surface area (Å²) < 4.78 is 6.70. The summed E-state index contributed by atoms with van der Waals surface area (Å²) in [6, 6.07) is 3.95. The molecular weight excluding hydrogens is 390 g/mol. The third-order valence-corrected chi connectivity index (χ3v) is 4.05. The Labute approximate surface area is 148 Å². The largest absolute Gasteiger partial charge is 0.490 e. The molecular formula is C15H19BrClNO5. The van der Waals surface area contributed by atoms with Crippen molar-refractivity contribution in [3.05, 3.63) is 27.2 Å². The molecule has 1 aliphatic heterocycles. The van der Waals surface area contributed by atoms with E-state index in [-0.39, 0.29) is 0 Å². The third-order valence-electron chi connectivity index (χ3n) is 3.18. The van der Waals surface area contributed by atoms with Gasteiger partial charge in [0.25, 0.3) is 0 Å². The van der Waals surface area contributed by atoms with E-state index in [0.717, 1.165) is 22.3 Å². The fraction of sp³-hybridized carbons (Fsp3) is 0.467. The van der Waals surface area contributed by atoms with Crippen LogP contribution in [-0.2, 0) is 9.59 Å². The number of nitrogens with zero attached hydrogens (tertiary/aromatic N) is 1. The first kappa shape index (κ1) is 19.7. The Balaban J connectivity index is 0.000000379. The summed E-state index contributed by atoms with van der Waals surface area (Å²) in [6.07, 6.45) is 2.63. The van der Waals surface area contributed by atoms with Gasteiger partial charge in [-0.3, -0.25) is 4.90 Å². The molecule has 0 aliphatic carbocycles. The van der Waals surface area contributed by atoms with Gasteiger partial charge in [-0.15, -0.1) is 0 Å². The number of carboxylic acids is 2. The summed E-state index contributed by atoms with van der Waals surface area (Å²) in [6.45, 7) is 6.10. The Hall–Kier alpha value is -1.31. The zero-order valence-electron chi connectivity index (χ0n) is 12.7. The van der Waals surface area contributed by atoms with Crippen molar-refractivity contribution in [2.75, 3.05) is 26.2 Å². The van der Waals surface area contributed by atoms with Crippen LogP contribution in [0.4, 0.5) is 0 Å². The molecule has 0 atom stereocenters. The van der Waals surface area contributed by atoms with Crippen LogP contribution < -0.4 is 4.74 Å². The van der Waals surface area contributed by atoms with Crippen LogP contribution in [0.1, 0.15) is 18.4 Å². The van der Waals surface area contributed by atoms with Crippen LogP contribution >= 0.6 is 27.5 Å². The fourth-order valence-corrected chi connectivity index (χ4v) is 3.24. The summed E-state index contributed by atoms with van der Waals surface area (Å²) >= 11 is 9.65. The van der Waals surface area contributed by atoms with Crippen molar-refractivity contribution in [2.24, 2.45) is 0 Å². The first-order valence-corrected chi connectivity index (χ1v) is 8.25. The predicted octanol–water partition coefficient (Wildman–Crippen LogP) is 3.04. The van der Waals surface area contributed by atoms with Crippen molar-refractivity contribution >= 4 is 39.5 Å². The lowest BCUT2D eigenvalue weighted by Gasteiger charge is -2.16. The van der Waals surface area contributed by atoms with Crippen molar-refractivity contribution < 1.29 is 24.5 Å². The molecule has 128 valence electrons. The summed E-state index contributed by atoms with van der Waals surface area (Å²) in [5.41, 5.74) is 1.13. The van der Waals surface area contributed by atoms with E-state index in [1.165, 1.54) is 25.9 Å². The van der Waals surface area contributed by atoms with E-state index >= 15 is 0 Å². The van der Waals surface area contributed by atoms with Gasteiger partial charge in [0.1, 0.15) is 6.61 Å². The Kier molecular flexibility index (Phi) is 8.36. The summed E-state index contributed by atoms with van der Waals surface area (Å²) in [5.74, 6) is -2.89. The number of aryl methyl sites for hydroxylation is 1. The summed E-state index contributed by atoms with van der Waals surface area (Å²) in [7, 11) is 0. The Morgan fingerprint density at radius 2 is 1.83 bits per heavy atom. The second-order valence-electron chi connectivity index (χ2n) is 5.07. The number of ether oxygens (including phenoxy) is 1. The van der Waals surface area contributed by atoms with E-state index in [4.69, 9.17) is 36.1 Å². The van der Waals surface area contributed by atoms with Gasteiger partial charge in [0.05, 0.1) is 9.50 Å². The molecule has 0 amide bonds. The van der Waals surface area contributed by atoms with Gasteiger partial charge in [0.2, 0.25) is 0 Å². The van der Waals surface area contributed by atoms with Crippen LogP contribution in [0.15, 0.2) is 16.6 Å². The molecule has 23 heavy (non-hydrogen) atoms. The van der Waals surface area contributed by atoms with Crippen LogP contribution in [0.25, 0.3) is 0 Å². The van der Waals surface area contributed by atoms with Crippen molar-refractivity contribution in [3.63, 3.8) is 0 Å². The van der Waals surface area contributed by atoms with Gasteiger partial charge in [-0.05, 0) is 66.5 Å². The number of carbonyl (C=O) groups is 2. The van der Waals surface area contributed by atoms with Crippen LogP contribution in [-0.4, -0.2) is 53.3 Å². The number of hydrogen-bond acceptors (Lipinski definition) is 4. The van der Waals surface area contributed by atoms with Crippen LogP contribution in [0.5, 0.6) is 5.75 Å². The number of rotatable bonds is 4. The lowest BCUT2D eigenvalue weighted by atomic mass is 10.2. The van der Waals surface area contributed by atoms with E-state index in [0.29, 0.717) is 11.6 Å². The van der Waals surface area contributed by atoms with E-state index in [2.05, 4.69) is 20.8 Å². The van der Waals surface area contributed by atoms with E-state index in [1.807, 2.05) is 19.1 Å². The van der Waals surface area contributed by atoms with Gasteiger partial charge in [0.15, 0.2) is 5.75 Å². The highest BCUT2D eigenvalue weighted by Gasteiger charge is 2.12. The highest BCUT2D eigenvalue weighted by atomic mass is 79.9. The maximum absolute atomic E-state index is 9.10. The molecule has 6 nitrogen and oxygen atoms in total. The number of aliphatic carboxylic acids is 2. The van der Waals surface area contributed by atoms with Crippen LogP contribution in [0.3, 0.4) is 0 Å². The Morgan fingerprint density at radius 1 is 1.26 bits per heavy atom. The van der Waals surface area contributed by atoms with Crippen molar-refractivity contribution in [1.29, 1.82) is 0 Å². The second-order valence-corrected chi connectivity index (χ2v) is 6.33. The molecule has 8 heteroatoms. The number of halogens is 2. The average molecular weight is 409 g/mol. The molecule has 0 radical (unpaired) electrons. The average Bonchev–Trinajstić information content (AvgIpc) is 2.95. The monoisotopic (exact) mass is 407 g/mol. The normalized spacial score (nSPS) is 14.0.